The van der Waals surface area contributed by atoms with Crippen molar-refractivity contribution in [3.8, 4) is 0 Å². The third kappa shape index (κ3) is 6.87. The first kappa shape index (κ1) is 21.8. The van der Waals surface area contributed by atoms with Gasteiger partial charge < -0.3 is 10.2 Å². The smallest absolute Gasteiger partial charge is 0.242 e. The largest absolute Gasteiger partial charge is 0.357 e. The summed E-state index contributed by atoms with van der Waals surface area (Å²) < 4.78 is 0.974. The number of thioether (sulfide) groups is 1. The minimum Gasteiger partial charge on any atom is -0.357 e. The molecule has 2 aromatic rings. The van der Waals surface area contributed by atoms with Crippen LogP contribution in [0.25, 0.3) is 0 Å². The van der Waals surface area contributed by atoms with E-state index >= 15 is 0 Å². The number of carbonyl (C=O) groups is 2. The Balaban J connectivity index is 2.02. The van der Waals surface area contributed by atoms with Crippen LogP contribution in [0.3, 0.4) is 0 Å². The summed E-state index contributed by atoms with van der Waals surface area (Å²) in [5.41, 5.74) is 2.08. The van der Waals surface area contributed by atoms with Crippen molar-refractivity contribution in [1.29, 1.82) is 0 Å². The van der Waals surface area contributed by atoms with Crippen LogP contribution in [0.15, 0.2) is 53.0 Å². The van der Waals surface area contributed by atoms with Gasteiger partial charge in [-0.15, -0.1) is 11.8 Å². The van der Waals surface area contributed by atoms with E-state index in [0.29, 0.717) is 23.1 Å². The summed E-state index contributed by atoms with van der Waals surface area (Å²) >= 11 is 10.8. The van der Waals surface area contributed by atoms with Gasteiger partial charge in [0.1, 0.15) is 6.04 Å². The van der Waals surface area contributed by atoms with Crippen LogP contribution in [0, 0.1) is 0 Å². The predicted molar refractivity (Wildman–Crippen MR) is 116 cm³/mol. The number of amides is 2. The molecule has 0 saturated carbocycles. The molecule has 0 radical (unpaired) electrons. The van der Waals surface area contributed by atoms with Crippen LogP contribution in [-0.2, 0) is 21.9 Å². The van der Waals surface area contributed by atoms with Crippen LogP contribution in [0.1, 0.15) is 18.1 Å². The van der Waals surface area contributed by atoms with Crippen LogP contribution in [0.4, 0.5) is 0 Å². The first-order valence-corrected chi connectivity index (χ1v) is 10.8. The van der Waals surface area contributed by atoms with Gasteiger partial charge in [0.15, 0.2) is 0 Å². The average molecular weight is 470 g/mol. The van der Waals surface area contributed by atoms with E-state index in [2.05, 4.69) is 21.2 Å². The van der Waals surface area contributed by atoms with E-state index in [1.165, 1.54) is 11.8 Å². The number of hydrogen-bond donors (Lipinski definition) is 1. The van der Waals surface area contributed by atoms with Crippen molar-refractivity contribution >= 4 is 51.1 Å². The molecule has 0 unspecified atom stereocenters. The highest BCUT2D eigenvalue weighted by Gasteiger charge is 2.25. The molecule has 4 nitrogen and oxygen atoms in total. The first-order chi connectivity index (χ1) is 12.9. The molecule has 0 heterocycles. The van der Waals surface area contributed by atoms with Crippen molar-refractivity contribution in [2.75, 3.05) is 12.8 Å². The number of likely N-dealkylation sites (N-methyl/N-ethyl adjacent to an activating group) is 1. The van der Waals surface area contributed by atoms with Gasteiger partial charge in [0.25, 0.3) is 0 Å². The van der Waals surface area contributed by atoms with Gasteiger partial charge >= 0.3 is 0 Å². The van der Waals surface area contributed by atoms with E-state index in [-0.39, 0.29) is 11.8 Å². The van der Waals surface area contributed by atoms with E-state index in [9.17, 15) is 9.59 Å². The molecular formula is C20H22BrClN2O2S. The molecule has 144 valence electrons. The maximum absolute atomic E-state index is 12.8. The molecule has 0 spiro atoms. The van der Waals surface area contributed by atoms with Gasteiger partial charge in [-0.1, -0.05) is 51.8 Å². The minimum atomic E-state index is -0.540. The van der Waals surface area contributed by atoms with Crippen LogP contribution in [0.2, 0.25) is 5.02 Å². The molecule has 2 aromatic carbocycles. The molecule has 7 heteroatoms. The predicted octanol–water partition coefficient (Wildman–Crippen LogP) is 4.50. The van der Waals surface area contributed by atoms with E-state index in [4.69, 9.17) is 11.6 Å². The Bertz CT molecular complexity index is 769. The van der Waals surface area contributed by atoms with Crippen LogP contribution in [-0.4, -0.2) is 35.6 Å². The number of halogens is 2. The Labute approximate surface area is 177 Å². The zero-order valence-electron chi connectivity index (χ0n) is 15.2. The molecule has 1 N–H and O–H groups in total. The highest BCUT2D eigenvalue weighted by molar-refractivity contribution is 9.10. The zero-order valence-corrected chi connectivity index (χ0v) is 18.4. The fourth-order valence-electron chi connectivity index (χ4n) is 2.50. The summed E-state index contributed by atoms with van der Waals surface area (Å²) in [6.07, 6.45) is 0. The lowest BCUT2D eigenvalue weighted by Crippen LogP contribution is -2.47. The van der Waals surface area contributed by atoms with Crippen molar-refractivity contribution in [1.82, 2.24) is 10.2 Å². The number of hydrogen-bond acceptors (Lipinski definition) is 3. The van der Waals surface area contributed by atoms with Gasteiger partial charge in [-0.25, -0.2) is 0 Å². The normalized spacial score (nSPS) is 11.7. The first-order valence-electron chi connectivity index (χ1n) is 8.48. The van der Waals surface area contributed by atoms with E-state index in [1.54, 1.807) is 18.9 Å². The molecule has 2 amide bonds. The van der Waals surface area contributed by atoms with E-state index in [0.717, 1.165) is 15.6 Å². The van der Waals surface area contributed by atoms with Crippen molar-refractivity contribution in [2.24, 2.45) is 0 Å². The fraction of sp³-hybridized carbons (Fsp3) is 0.300. The molecule has 0 aromatic heterocycles. The second kappa shape index (κ2) is 10.7. The molecule has 2 rings (SSSR count). The third-order valence-corrected chi connectivity index (χ3v) is 5.86. The maximum atomic E-state index is 12.8. The van der Waals surface area contributed by atoms with E-state index in [1.807, 2.05) is 48.5 Å². The topological polar surface area (TPSA) is 49.4 Å². The summed E-state index contributed by atoms with van der Waals surface area (Å²) in [5, 5.41) is 3.32. The third-order valence-electron chi connectivity index (χ3n) is 4.09. The Morgan fingerprint density at radius 2 is 1.70 bits per heavy atom. The molecule has 0 aliphatic heterocycles. The Kier molecular flexibility index (Phi) is 8.67. The highest BCUT2D eigenvalue weighted by atomic mass is 79.9. The summed E-state index contributed by atoms with van der Waals surface area (Å²) in [7, 11) is 1.58. The van der Waals surface area contributed by atoms with Gasteiger partial charge in [0.2, 0.25) is 11.8 Å². The van der Waals surface area contributed by atoms with Crippen LogP contribution < -0.4 is 5.32 Å². The standard InChI is InChI=1S/C20H22BrClN2O2S/c1-14(20(26)23-2)24(11-15-3-7-17(21)8-4-15)19(25)13-27-12-16-5-9-18(22)10-6-16/h3-10,14H,11-13H2,1-2H3,(H,23,26)/t14-/m1/s1. The molecule has 0 aliphatic carbocycles. The highest BCUT2D eigenvalue weighted by Crippen LogP contribution is 2.18. The molecule has 1 atom stereocenters. The Morgan fingerprint density at radius 1 is 1.11 bits per heavy atom. The maximum Gasteiger partial charge on any atom is 0.242 e. The Morgan fingerprint density at radius 3 is 2.30 bits per heavy atom. The molecule has 27 heavy (non-hydrogen) atoms. The zero-order chi connectivity index (χ0) is 19.8. The second-order valence-electron chi connectivity index (χ2n) is 6.06. The number of carbonyl (C=O) groups excluding carboxylic acids is 2. The molecule has 0 aliphatic rings. The van der Waals surface area contributed by atoms with Crippen molar-refractivity contribution in [2.45, 2.75) is 25.3 Å². The van der Waals surface area contributed by atoms with Gasteiger partial charge in [-0.2, -0.15) is 0 Å². The summed E-state index contributed by atoms with van der Waals surface area (Å²) in [4.78, 5) is 26.5. The number of nitrogens with zero attached hydrogens (tertiary/aromatic N) is 1. The van der Waals surface area contributed by atoms with Gasteiger partial charge in [0.05, 0.1) is 5.75 Å². The van der Waals surface area contributed by atoms with E-state index < -0.39 is 6.04 Å². The second-order valence-corrected chi connectivity index (χ2v) is 8.40. The van der Waals surface area contributed by atoms with Crippen molar-refractivity contribution in [3.05, 3.63) is 69.2 Å². The number of nitrogens with one attached hydrogen (secondary N) is 1. The van der Waals surface area contributed by atoms with Crippen molar-refractivity contribution < 1.29 is 9.59 Å². The van der Waals surface area contributed by atoms with Gasteiger partial charge in [-0.05, 0) is 42.3 Å². The van der Waals surface area contributed by atoms with Gasteiger partial charge in [0, 0.05) is 28.8 Å². The van der Waals surface area contributed by atoms with Crippen molar-refractivity contribution in [3.63, 3.8) is 0 Å². The lowest BCUT2D eigenvalue weighted by atomic mass is 10.1. The Hall–Kier alpha value is -1.50. The summed E-state index contributed by atoms with van der Waals surface area (Å²) in [6, 6.07) is 14.8. The SMILES string of the molecule is CNC(=O)[C@@H](C)N(Cc1ccc(Br)cc1)C(=O)CSCc1ccc(Cl)cc1. The summed E-state index contributed by atoms with van der Waals surface area (Å²) in [6.45, 7) is 2.14. The molecule has 0 bridgehead atoms. The molecular weight excluding hydrogens is 448 g/mol. The van der Waals surface area contributed by atoms with Gasteiger partial charge in [-0.3, -0.25) is 9.59 Å². The lowest BCUT2D eigenvalue weighted by molar-refractivity contribution is -0.138. The number of benzene rings is 2. The summed E-state index contributed by atoms with van der Waals surface area (Å²) in [5.74, 6) is 0.778. The monoisotopic (exact) mass is 468 g/mol. The molecule has 0 fully saturated rings. The quantitative estimate of drug-likeness (QED) is 0.619. The molecule has 0 saturated heterocycles. The van der Waals surface area contributed by atoms with Crippen LogP contribution >= 0.6 is 39.3 Å². The fourth-order valence-corrected chi connectivity index (χ4v) is 3.76. The lowest BCUT2D eigenvalue weighted by Gasteiger charge is -2.28. The van der Waals surface area contributed by atoms with Crippen LogP contribution in [0.5, 0.6) is 0 Å². The number of rotatable bonds is 8. The minimum absolute atomic E-state index is 0.0621. The average Bonchev–Trinajstić information content (AvgIpc) is 2.67.